The second-order valence-corrected chi connectivity index (χ2v) is 6.16. The molecular formula is C14H10F3NO4S. The van der Waals surface area contributed by atoms with Gasteiger partial charge in [0.1, 0.15) is 5.82 Å². The molecule has 122 valence electrons. The predicted octanol–water partition coefficient (Wildman–Crippen LogP) is 3.26. The van der Waals surface area contributed by atoms with E-state index in [1.165, 1.54) is 0 Å². The second-order valence-electron chi connectivity index (χ2n) is 4.48. The number of alkyl halides is 2. The Hall–Kier alpha value is -2.55. The molecule has 9 heteroatoms. The number of aromatic carboxylic acids is 1. The van der Waals surface area contributed by atoms with Crippen molar-refractivity contribution in [1.82, 2.24) is 0 Å². The van der Waals surface area contributed by atoms with E-state index in [4.69, 9.17) is 5.11 Å². The molecule has 0 saturated heterocycles. The molecule has 2 N–H and O–H groups in total. The van der Waals surface area contributed by atoms with Crippen molar-refractivity contribution >= 4 is 21.7 Å². The zero-order valence-electron chi connectivity index (χ0n) is 11.3. The zero-order valence-corrected chi connectivity index (χ0v) is 12.1. The molecule has 2 aromatic rings. The van der Waals surface area contributed by atoms with Gasteiger partial charge in [0.25, 0.3) is 16.4 Å². The number of hydrogen-bond acceptors (Lipinski definition) is 3. The fraction of sp³-hybridized carbons (Fsp3) is 0.0714. The van der Waals surface area contributed by atoms with E-state index in [0.717, 1.165) is 36.4 Å². The van der Waals surface area contributed by atoms with E-state index in [2.05, 4.69) is 0 Å². The lowest BCUT2D eigenvalue weighted by atomic mass is 10.2. The third-order valence-electron chi connectivity index (χ3n) is 2.87. The number of carboxylic acid groups (broad SMARTS) is 1. The van der Waals surface area contributed by atoms with Gasteiger partial charge >= 0.3 is 5.97 Å². The van der Waals surface area contributed by atoms with Crippen molar-refractivity contribution in [2.75, 3.05) is 4.72 Å². The quantitative estimate of drug-likeness (QED) is 0.871. The van der Waals surface area contributed by atoms with Crippen LogP contribution in [0.15, 0.2) is 47.4 Å². The third-order valence-corrected chi connectivity index (χ3v) is 4.25. The summed E-state index contributed by atoms with van der Waals surface area (Å²) in [4.78, 5) is 10.3. The largest absolute Gasteiger partial charge is 0.478 e. The van der Waals surface area contributed by atoms with Gasteiger partial charge in [0, 0.05) is 5.56 Å². The molecule has 0 atom stereocenters. The molecule has 5 nitrogen and oxygen atoms in total. The minimum Gasteiger partial charge on any atom is -0.478 e. The summed E-state index contributed by atoms with van der Waals surface area (Å²) in [6, 6.07) is 6.78. The second kappa shape index (κ2) is 6.29. The monoisotopic (exact) mass is 345 g/mol. The highest BCUT2D eigenvalue weighted by atomic mass is 32.2. The van der Waals surface area contributed by atoms with Crippen LogP contribution >= 0.6 is 0 Å². The highest BCUT2D eigenvalue weighted by Crippen LogP contribution is 2.24. The molecule has 2 rings (SSSR count). The molecule has 0 aliphatic rings. The molecule has 0 heterocycles. The normalized spacial score (nSPS) is 11.5. The fourth-order valence-corrected chi connectivity index (χ4v) is 2.89. The van der Waals surface area contributed by atoms with Crippen molar-refractivity contribution < 1.29 is 31.5 Å². The molecule has 23 heavy (non-hydrogen) atoms. The molecule has 0 aliphatic carbocycles. The predicted molar refractivity (Wildman–Crippen MR) is 75.6 cm³/mol. The smallest absolute Gasteiger partial charge is 0.338 e. The standard InChI is InChI=1S/C14H10F3NO4S/c15-12-7-9(4-5-11(12)14(19)20)18-23(21,22)10-3-1-2-8(6-10)13(16)17/h1-7,13,18H,(H,19,20). The van der Waals surface area contributed by atoms with Gasteiger partial charge < -0.3 is 5.11 Å². The number of benzene rings is 2. The first-order chi connectivity index (χ1) is 10.7. The van der Waals surface area contributed by atoms with Crippen molar-refractivity contribution in [2.24, 2.45) is 0 Å². The van der Waals surface area contributed by atoms with E-state index in [-0.39, 0.29) is 5.69 Å². The van der Waals surface area contributed by atoms with Crippen molar-refractivity contribution in [1.29, 1.82) is 0 Å². The van der Waals surface area contributed by atoms with Gasteiger partial charge in [-0.3, -0.25) is 4.72 Å². The average Bonchev–Trinajstić information content (AvgIpc) is 2.46. The summed E-state index contributed by atoms with van der Waals surface area (Å²) in [5.74, 6) is -2.62. The first kappa shape index (κ1) is 16.8. The number of carbonyl (C=O) groups is 1. The number of halogens is 3. The highest BCUT2D eigenvalue weighted by Gasteiger charge is 2.18. The van der Waals surface area contributed by atoms with Crippen molar-refractivity contribution in [3.8, 4) is 0 Å². The molecule has 0 aliphatic heterocycles. The topological polar surface area (TPSA) is 83.5 Å². The third kappa shape index (κ3) is 3.81. The van der Waals surface area contributed by atoms with Crippen LogP contribution in [0.1, 0.15) is 22.3 Å². The lowest BCUT2D eigenvalue weighted by Gasteiger charge is -2.10. The lowest BCUT2D eigenvalue weighted by Crippen LogP contribution is -2.14. The number of hydrogen-bond donors (Lipinski definition) is 2. The SMILES string of the molecule is O=C(O)c1ccc(NS(=O)(=O)c2cccc(C(F)F)c2)cc1F. The summed E-state index contributed by atoms with van der Waals surface area (Å²) in [6.45, 7) is 0. The van der Waals surface area contributed by atoms with Crippen LogP contribution in [-0.4, -0.2) is 19.5 Å². The first-order valence-electron chi connectivity index (χ1n) is 6.14. The van der Waals surface area contributed by atoms with E-state index in [1.807, 2.05) is 4.72 Å². The van der Waals surface area contributed by atoms with Crippen LogP contribution < -0.4 is 4.72 Å². The maximum atomic E-state index is 13.5. The van der Waals surface area contributed by atoms with Crippen molar-refractivity contribution in [2.45, 2.75) is 11.3 Å². The first-order valence-corrected chi connectivity index (χ1v) is 7.63. The molecule has 2 aromatic carbocycles. The van der Waals surface area contributed by atoms with Crippen molar-refractivity contribution in [3.63, 3.8) is 0 Å². The van der Waals surface area contributed by atoms with Gasteiger partial charge in [-0.25, -0.2) is 26.4 Å². The molecule has 0 amide bonds. The van der Waals surface area contributed by atoms with Crippen molar-refractivity contribution in [3.05, 3.63) is 59.4 Å². The van der Waals surface area contributed by atoms with Crippen LogP contribution in [0.3, 0.4) is 0 Å². The van der Waals surface area contributed by atoms with Gasteiger partial charge in [0.2, 0.25) is 0 Å². The number of carboxylic acids is 1. The Labute approximate surface area is 129 Å². The molecular weight excluding hydrogens is 335 g/mol. The Kier molecular flexibility index (Phi) is 4.60. The minimum atomic E-state index is -4.22. The van der Waals surface area contributed by atoms with Crippen LogP contribution in [0.5, 0.6) is 0 Å². The number of nitrogens with one attached hydrogen (secondary N) is 1. The molecule has 0 saturated carbocycles. The molecule has 0 radical (unpaired) electrons. The Morgan fingerprint density at radius 1 is 1.13 bits per heavy atom. The van der Waals surface area contributed by atoms with E-state index in [0.29, 0.717) is 6.07 Å². The van der Waals surface area contributed by atoms with Gasteiger partial charge in [-0.1, -0.05) is 12.1 Å². The summed E-state index contributed by atoms with van der Waals surface area (Å²) in [5.41, 5.74) is -1.32. The summed E-state index contributed by atoms with van der Waals surface area (Å²) in [5, 5.41) is 8.70. The van der Waals surface area contributed by atoms with E-state index >= 15 is 0 Å². The van der Waals surface area contributed by atoms with Crippen LogP contribution in [-0.2, 0) is 10.0 Å². The van der Waals surface area contributed by atoms with Gasteiger partial charge in [0.05, 0.1) is 16.1 Å². The van der Waals surface area contributed by atoms with Crippen LogP contribution in [0, 0.1) is 5.82 Å². The Balaban J connectivity index is 2.33. The maximum Gasteiger partial charge on any atom is 0.338 e. The highest BCUT2D eigenvalue weighted by molar-refractivity contribution is 7.92. The summed E-state index contributed by atoms with van der Waals surface area (Å²) in [6.07, 6.45) is -2.84. The summed E-state index contributed by atoms with van der Waals surface area (Å²) in [7, 11) is -4.22. The summed E-state index contributed by atoms with van der Waals surface area (Å²) >= 11 is 0. The molecule has 0 spiro atoms. The van der Waals surface area contributed by atoms with Crippen LogP contribution in [0.25, 0.3) is 0 Å². The number of rotatable bonds is 5. The maximum absolute atomic E-state index is 13.5. The van der Waals surface area contributed by atoms with E-state index < -0.39 is 44.3 Å². The van der Waals surface area contributed by atoms with Gasteiger partial charge in [-0.2, -0.15) is 0 Å². The summed E-state index contributed by atoms with van der Waals surface area (Å²) < 4.78 is 65.0. The van der Waals surface area contributed by atoms with Gasteiger partial charge in [0.15, 0.2) is 0 Å². The molecule has 0 aromatic heterocycles. The molecule has 0 unspecified atom stereocenters. The van der Waals surface area contributed by atoms with Gasteiger partial charge in [-0.05, 0) is 30.3 Å². The Morgan fingerprint density at radius 3 is 2.39 bits per heavy atom. The Bertz CT molecular complexity index is 853. The minimum absolute atomic E-state index is 0.227. The van der Waals surface area contributed by atoms with Gasteiger partial charge in [-0.15, -0.1) is 0 Å². The average molecular weight is 345 g/mol. The van der Waals surface area contributed by atoms with Crippen LogP contribution in [0.2, 0.25) is 0 Å². The number of anilines is 1. The molecule has 0 fully saturated rings. The fourth-order valence-electron chi connectivity index (χ4n) is 1.78. The van der Waals surface area contributed by atoms with E-state index in [1.54, 1.807) is 0 Å². The van der Waals surface area contributed by atoms with Crippen LogP contribution in [0.4, 0.5) is 18.9 Å². The zero-order chi connectivity index (χ0) is 17.2. The Morgan fingerprint density at radius 2 is 1.83 bits per heavy atom. The number of sulfonamides is 1. The van der Waals surface area contributed by atoms with E-state index in [9.17, 15) is 26.4 Å². The molecule has 0 bridgehead atoms. The lowest BCUT2D eigenvalue weighted by molar-refractivity contribution is 0.0692.